The molecule has 1 aliphatic carbocycles. The molecule has 33 heavy (non-hydrogen) atoms. The summed E-state index contributed by atoms with van der Waals surface area (Å²) in [4.78, 5) is 16.7. The second kappa shape index (κ2) is 7.85. The van der Waals surface area contributed by atoms with Crippen LogP contribution < -0.4 is 5.32 Å². The first-order valence-corrected chi connectivity index (χ1v) is 11.8. The van der Waals surface area contributed by atoms with Gasteiger partial charge < -0.3 is 15.0 Å². The average Bonchev–Trinajstić information content (AvgIpc) is 3.31. The summed E-state index contributed by atoms with van der Waals surface area (Å²) in [6.07, 6.45) is 8.76. The number of halogens is 1. The molecule has 2 N–H and O–H groups in total. The number of fused-ring (bicyclic) bond motifs is 5. The highest BCUT2D eigenvalue weighted by Crippen LogP contribution is 2.46. The molecule has 3 fully saturated rings. The molecule has 0 spiro atoms. The van der Waals surface area contributed by atoms with Crippen molar-refractivity contribution in [3.8, 4) is 0 Å². The number of hydrogen-bond donors (Lipinski definition) is 2. The van der Waals surface area contributed by atoms with Crippen molar-refractivity contribution in [2.24, 2.45) is 0 Å². The lowest BCUT2D eigenvalue weighted by atomic mass is 9.69. The van der Waals surface area contributed by atoms with Gasteiger partial charge in [0.1, 0.15) is 11.5 Å². The summed E-state index contributed by atoms with van der Waals surface area (Å²) >= 11 is 0. The molecule has 6 heterocycles. The lowest BCUT2D eigenvalue weighted by Crippen LogP contribution is -2.61. The zero-order valence-electron chi connectivity index (χ0n) is 18.8. The van der Waals surface area contributed by atoms with Gasteiger partial charge in [-0.3, -0.25) is 9.97 Å². The number of hydrogen-bond acceptors (Lipinski definition) is 5. The minimum Gasteiger partial charge on any atom is -0.373 e. The van der Waals surface area contributed by atoms with Crippen LogP contribution in [0.2, 0.25) is 0 Å². The van der Waals surface area contributed by atoms with E-state index in [2.05, 4.69) is 32.4 Å². The third kappa shape index (κ3) is 3.79. The molecule has 4 aromatic rings. The van der Waals surface area contributed by atoms with E-state index in [1.165, 1.54) is 6.20 Å². The first kappa shape index (κ1) is 20.7. The van der Waals surface area contributed by atoms with Crippen LogP contribution in [0.5, 0.6) is 0 Å². The van der Waals surface area contributed by atoms with Crippen LogP contribution in [0.4, 0.5) is 4.39 Å². The summed E-state index contributed by atoms with van der Waals surface area (Å²) in [6, 6.07) is 10.1. The fraction of sp³-hybridized carbons (Fsp3) is 0.423. The Morgan fingerprint density at radius 3 is 2.79 bits per heavy atom. The van der Waals surface area contributed by atoms with Gasteiger partial charge in [-0.2, -0.15) is 0 Å². The van der Waals surface area contributed by atoms with E-state index in [0.29, 0.717) is 24.1 Å². The minimum atomic E-state index is -0.272. The fourth-order valence-electron chi connectivity index (χ4n) is 5.44. The summed E-state index contributed by atoms with van der Waals surface area (Å²) in [5.41, 5.74) is 4.75. The van der Waals surface area contributed by atoms with E-state index in [1.54, 1.807) is 0 Å². The molecule has 0 aromatic carbocycles. The number of H-pyrrole nitrogens is 1. The molecule has 7 heteroatoms. The van der Waals surface area contributed by atoms with Gasteiger partial charge in [-0.25, -0.2) is 9.37 Å². The maximum absolute atomic E-state index is 14.7. The minimum absolute atomic E-state index is 0.00139. The van der Waals surface area contributed by atoms with Gasteiger partial charge in [-0.15, -0.1) is 0 Å². The summed E-state index contributed by atoms with van der Waals surface area (Å²) in [5.74, 6) is -0.272. The molecule has 6 nitrogen and oxygen atoms in total. The van der Waals surface area contributed by atoms with Crippen LogP contribution >= 0.6 is 0 Å². The Balaban J connectivity index is 1.12. The van der Waals surface area contributed by atoms with Crippen molar-refractivity contribution in [1.82, 2.24) is 25.3 Å². The van der Waals surface area contributed by atoms with Gasteiger partial charge in [0.2, 0.25) is 0 Å². The Morgan fingerprint density at radius 2 is 1.97 bits per heavy atom. The van der Waals surface area contributed by atoms with E-state index in [9.17, 15) is 4.39 Å². The predicted molar refractivity (Wildman–Crippen MR) is 125 cm³/mol. The molecule has 2 saturated heterocycles. The lowest BCUT2D eigenvalue weighted by Gasteiger charge is -2.53. The van der Waals surface area contributed by atoms with Crippen LogP contribution in [-0.2, 0) is 17.7 Å². The molecular weight excluding hydrogens is 417 g/mol. The first-order chi connectivity index (χ1) is 16.0. The maximum Gasteiger partial charge on any atom is 0.146 e. The molecule has 1 saturated carbocycles. The number of nitrogens with zero attached hydrogens (tertiary/aromatic N) is 3. The normalized spacial score (nSPS) is 24.7. The lowest BCUT2D eigenvalue weighted by molar-refractivity contribution is -0.165. The van der Waals surface area contributed by atoms with Crippen LogP contribution in [0.3, 0.4) is 0 Å². The van der Waals surface area contributed by atoms with Gasteiger partial charge in [0.25, 0.3) is 0 Å². The van der Waals surface area contributed by atoms with Crippen LogP contribution in [0.1, 0.15) is 49.1 Å². The van der Waals surface area contributed by atoms with E-state index in [4.69, 9.17) is 9.72 Å². The van der Waals surface area contributed by atoms with Gasteiger partial charge in [0, 0.05) is 34.9 Å². The average molecular weight is 446 g/mol. The number of pyridine rings is 3. The second-order valence-electron chi connectivity index (χ2n) is 9.73. The predicted octanol–water partition coefficient (Wildman–Crippen LogP) is 4.76. The van der Waals surface area contributed by atoms with Gasteiger partial charge in [-0.05, 0) is 75.8 Å². The van der Waals surface area contributed by atoms with Crippen LogP contribution in [0.15, 0.2) is 42.7 Å². The highest BCUT2D eigenvalue weighted by atomic mass is 19.1. The summed E-state index contributed by atoms with van der Waals surface area (Å²) < 4.78 is 21.1. The Labute approximate surface area is 192 Å². The summed E-state index contributed by atoms with van der Waals surface area (Å²) in [6.45, 7) is 3.34. The molecule has 2 aliphatic heterocycles. The number of ether oxygens (including phenoxy) is 1. The standard InChI is InChI=1S/C26H28FN5O/c1-17-2-5-22-23(31-17)20(21(27)15-29-22)6-8-26-11-9-25(10-12-26,16-33-26)30-14-19-4-3-18-7-13-28-24(18)32-19/h2-5,7,13,15,30H,6,8-12,14,16H2,1H3,(H,28,32). The Morgan fingerprint density at radius 1 is 1.09 bits per heavy atom. The summed E-state index contributed by atoms with van der Waals surface area (Å²) in [7, 11) is 0. The quantitative estimate of drug-likeness (QED) is 0.448. The molecule has 4 aromatic heterocycles. The summed E-state index contributed by atoms with van der Waals surface area (Å²) in [5, 5.41) is 4.88. The Kier molecular flexibility index (Phi) is 4.92. The van der Waals surface area contributed by atoms with E-state index in [1.807, 2.05) is 31.3 Å². The molecule has 0 amide bonds. The Hall–Kier alpha value is -2.90. The molecule has 2 bridgehead atoms. The molecule has 170 valence electrons. The number of aromatic nitrogens is 4. The zero-order valence-corrected chi connectivity index (χ0v) is 18.8. The van der Waals surface area contributed by atoms with Gasteiger partial charge in [-0.1, -0.05) is 0 Å². The maximum atomic E-state index is 14.7. The van der Waals surface area contributed by atoms with Gasteiger partial charge >= 0.3 is 0 Å². The SMILES string of the molecule is Cc1ccc2ncc(F)c(CCC34CCC(NCc5ccc6cc[nH]c6n5)(CC3)CO4)c2n1. The van der Waals surface area contributed by atoms with Crippen molar-refractivity contribution in [3.63, 3.8) is 0 Å². The molecule has 0 atom stereocenters. The number of rotatable bonds is 6. The van der Waals surface area contributed by atoms with Crippen molar-refractivity contribution in [3.05, 3.63) is 65.5 Å². The van der Waals surface area contributed by atoms with Crippen molar-refractivity contribution in [2.75, 3.05) is 6.61 Å². The second-order valence-corrected chi connectivity index (χ2v) is 9.73. The molecular formula is C26H28FN5O. The monoisotopic (exact) mass is 445 g/mol. The third-order valence-electron chi connectivity index (χ3n) is 7.62. The van der Waals surface area contributed by atoms with Gasteiger partial charge in [0.15, 0.2) is 0 Å². The molecule has 0 unspecified atom stereocenters. The molecule has 3 aliphatic rings. The van der Waals surface area contributed by atoms with Crippen LogP contribution in [0, 0.1) is 12.7 Å². The number of aryl methyl sites for hydroxylation is 2. The van der Waals surface area contributed by atoms with Crippen molar-refractivity contribution in [2.45, 2.75) is 63.1 Å². The number of nitrogens with one attached hydrogen (secondary N) is 2. The highest BCUT2D eigenvalue weighted by Gasteiger charge is 2.49. The topological polar surface area (TPSA) is 75.7 Å². The number of aromatic amines is 1. The molecule has 0 radical (unpaired) electrons. The van der Waals surface area contributed by atoms with E-state index in [-0.39, 0.29) is 17.0 Å². The fourth-order valence-corrected chi connectivity index (χ4v) is 5.44. The first-order valence-electron chi connectivity index (χ1n) is 11.8. The van der Waals surface area contributed by atoms with Crippen LogP contribution in [0.25, 0.3) is 22.1 Å². The van der Waals surface area contributed by atoms with Crippen molar-refractivity contribution in [1.29, 1.82) is 0 Å². The van der Waals surface area contributed by atoms with Crippen molar-refractivity contribution < 1.29 is 9.13 Å². The zero-order chi connectivity index (χ0) is 22.5. The Bertz CT molecular complexity index is 1300. The smallest absolute Gasteiger partial charge is 0.146 e. The third-order valence-corrected chi connectivity index (χ3v) is 7.62. The van der Waals surface area contributed by atoms with Crippen LogP contribution in [-0.4, -0.2) is 37.7 Å². The van der Waals surface area contributed by atoms with Crippen molar-refractivity contribution >= 4 is 22.1 Å². The van der Waals surface area contributed by atoms with E-state index >= 15 is 0 Å². The molecule has 7 rings (SSSR count). The largest absolute Gasteiger partial charge is 0.373 e. The van der Waals surface area contributed by atoms with E-state index in [0.717, 1.165) is 66.6 Å². The highest BCUT2D eigenvalue weighted by molar-refractivity contribution is 5.78. The van der Waals surface area contributed by atoms with Gasteiger partial charge in [0.05, 0.1) is 35.1 Å². The van der Waals surface area contributed by atoms with E-state index < -0.39 is 0 Å².